The summed E-state index contributed by atoms with van der Waals surface area (Å²) in [5.41, 5.74) is 1.62. The average molecular weight is 383 g/mol. The van der Waals surface area contributed by atoms with E-state index in [9.17, 15) is 8.78 Å². The number of benzene rings is 1. The lowest BCUT2D eigenvalue weighted by molar-refractivity contribution is -0.0504. The number of hydrogen-bond acceptors (Lipinski definition) is 4. The van der Waals surface area contributed by atoms with E-state index in [0.717, 1.165) is 38.3 Å². The van der Waals surface area contributed by atoms with Gasteiger partial charge in [-0.1, -0.05) is 17.7 Å². The zero-order chi connectivity index (χ0) is 19.8. The van der Waals surface area contributed by atoms with Crippen LogP contribution in [0.15, 0.2) is 23.2 Å². The Balaban J connectivity index is 2.03. The first-order valence-corrected chi connectivity index (χ1v) is 9.34. The van der Waals surface area contributed by atoms with E-state index < -0.39 is 6.61 Å². The predicted molar refractivity (Wildman–Crippen MR) is 105 cm³/mol. The van der Waals surface area contributed by atoms with Crippen molar-refractivity contribution in [2.75, 3.05) is 46.8 Å². The number of piperazine rings is 1. The molecule has 0 aromatic heterocycles. The van der Waals surface area contributed by atoms with Crippen molar-refractivity contribution in [3.8, 4) is 5.75 Å². The summed E-state index contributed by atoms with van der Waals surface area (Å²) >= 11 is 0. The lowest BCUT2D eigenvalue weighted by Crippen LogP contribution is -2.55. The molecule has 0 aliphatic carbocycles. The third-order valence-corrected chi connectivity index (χ3v) is 4.67. The van der Waals surface area contributed by atoms with Crippen LogP contribution in [0.3, 0.4) is 0 Å². The Morgan fingerprint density at radius 3 is 2.78 bits per heavy atom. The second-order valence-electron chi connectivity index (χ2n) is 6.96. The van der Waals surface area contributed by atoms with Crippen molar-refractivity contribution in [2.24, 2.45) is 4.99 Å². The molecular formula is C19H31F2N5O. The molecule has 1 atom stereocenters. The van der Waals surface area contributed by atoms with E-state index in [1.165, 1.54) is 0 Å². The van der Waals surface area contributed by atoms with Crippen LogP contribution in [0.4, 0.5) is 8.78 Å². The molecule has 1 aromatic carbocycles. The number of ether oxygens (including phenoxy) is 1. The molecule has 1 heterocycles. The molecule has 0 radical (unpaired) electrons. The minimum Gasteiger partial charge on any atom is -0.434 e. The fraction of sp³-hybridized carbons (Fsp3) is 0.632. The molecule has 0 bridgehead atoms. The normalized spacial score (nSPS) is 19.4. The van der Waals surface area contributed by atoms with E-state index in [4.69, 9.17) is 0 Å². The topological polar surface area (TPSA) is 52.1 Å². The summed E-state index contributed by atoms with van der Waals surface area (Å²) in [6, 6.07) is 5.54. The van der Waals surface area contributed by atoms with Gasteiger partial charge in [0.2, 0.25) is 0 Å². The molecule has 8 heteroatoms. The molecule has 6 nitrogen and oxygen atoms in total. The molecule has 0 saturated carbocycles. The second kappa shape index (κ2) is 10.4. The van der Waals surface area contributed by atoms with Crippen LogP contribution < -0.4 is 15.4 Å². The molecule has 0 amide bonds. The van der Waals surface area contributed by atoms with Gasteiger partial charge in [0.05, 0.1) is 6.54 Å². The van der Waals surface area contributed by atoms with E-state index in [1.807, 2.05) is 19.9 Å². The molecular weight excluding hydrogens is 352 g/mol. The van der Waals surface area contributed by atoms with Crippen LogP contribution in [0.5, 0.6) is 5.75 Å². The molecule has 1 fully saturated rings. The molecule has 1 aliphatic rings. The maximum absolute atomic E-state index is 12.6. The number of rotatable bonds is 7. The Hall–Kier alpha value is -1.93. The highest BCUT2D eigenvalue weighted by Gasteiger charge is 2.22. The quantitative estimate of drug-likeness (QED) is 0.556. The van der Waals surface area contributed by atoms with Gasteiger partial charge in [0, 0.05) is 44.3 Å². The fourth-order valence-corrected chi connectivity index (χ4v) is 3.09. The number of aryl methyl sites for hydroxylation is 1. The van der Waals surface area contributed by atoms with Gasteiger partial charge in [-0.15, -0.1) is 0 Å². The summed E-state index contributed by atoms with van der Waals surface area (Å²) in [6.07, 6.45) is 0. The maximum Gasteiger partial charge on any atom is 0.387 e. The summed E-state index contributed by atoms with van der Waals surface area (Å²) in [5, 5.41) is 6.58. The Bertz CT molecular complexity index is 626. The van der Waals surface area contributed by atoms with E-state index in [-0.39, 0.29) is 12.3 Å². The average Bonchev–Trinajstić information content (AvgIpc) is 2.61. The molecule has 1 aromatic rings. The number of nitrogens with zero attached hydrogens (tertiary/aromatic N) is 3. The van der Waals surface area contributed by atoms with E-state index >= 15 is 0 Å². The first kappa shape index (κ1) is 21.4. The van der Waals surface area contributed by atoms with Crippen LogP contribution in [0, 0.1) is 6.92 Å². The molecule has 27 heavy (non-hydrogen) atoms. The number of nitrogens with one attached hydrogen (secondary N) is 2. The van der Waals surface area contributed by atoms with Crippen molar-refractivity contribution in [1.29, 1.82) is 0 Å². The molecule has 1 unspecified atom stereocenters. The number of alkyl halides is 2. The van der Waals surface area contributed by atoms with Crippen molar-refractivity contribution < 1.29 is 13.5 Å². The van der Waals surface area contributed by atoms with Gasteiger partial charge in [-0.3, -0.25) is 4.90 Å². The first-order chi connectivity index (χ1) is 12.9. The smallest absolute Gasteiger partial charge is 0.387 e. The van der Waals surface area contributed by atoms with Crippen LogP contribution in [-0.2, 0) is 6.54 Å². The van der Waals surface area contributed by atoms with Gasteiger partial charge in [0.15, 0.2) is 5.96 Å². The minimum absolute atomic E-state index is 0.170. The second-order valence-corrected chi connectivity index (χ2v) is 6.96. The zero-order valence-corrected chi connectivity index (χ0v) is 16.6. The van der Waals surface area contributed by atoms with Crippen molar-refractivity contribution in [1.82, 2.24) is 20.4 Å². The van der Waals surface area contributed by atoms with Gasteiger partial charge >= 0.3 is 6.61 Å². The number of halogens is 2. The van der Waals surface area contributed by atoms with Gasteiger partial charge in [-0.2, -0.15) is 8.78 Å². The van der Waals surface area contributed by atoms with Gasteiger partial charge in [0.25, 0.3) is 0 Å². The summed E-state index contributed by atoms with van der Waals surface area (Å²) in [4.78, 5) is 9.21. The lowest BCUT2D eigenvalue weighted by atomic mass is 10.1. The molecule has 1 saturated heterocycles. The van der Waals surface area contributed by atoms with E-state index in [2.05, 4.69) is 44.3 Å². The minimum atomic E-state index is -2.85. The number of guanidine groups is 1. The van der Waals surface area contributed by atoms with Crippen LogP contribution in [0.1, 0.15) is 18.1 Å². The maximum atomic E-state index is 12.6. The molecule has 2 N–H and O–H groups in total. The number of likely N-dealkylation sites (N-methyl/N-ethyl adjacent to an activating group) is 2. The SMILES string of the molecule is CCNC(=NCc1cc(C)ccc1OC(F)F)NCC1CN(C)CCN1C. The Labute approximate surface area is 160 Å². The van der Waals surface area contributed by atoms with Gasteiger partial charge in [0.1, 0.15) is 5.75 Å². The summed E-state index contributed by atoms with van der Waals surface area (Å²) in [5.74, 6) is 0.840. The Morgan fingerprint density at radius 1 is 1.30 bits per heavy atom. The molecule has 1 aliphatic heterocycles. The monoisotopic (exact) mass is 383 g/mol. The lowest BCUT2D eigenvalue weighted by Gasteiger charge is -2.37. The van der Waals surface area contributed by atoms with Crippen LogP contribution in [0.2, 0.25) is 0 Å². The highest BCUT2D eigenvalue weighted by Crippen LogP contribution is 2.22. The highest BCUT2D eigenvalue weighted by atomic mass is 19.3. The van der Waals surface area contributed by atoms with Gasteiger partial charge in [-0.05, 0) is 34.0 Å². The highest BCUT2D eigenvalue weighted by molar-refractivity contribution is 5.79. The van der Waals surface area contributed by atoms with E-state index in [1.54, 1.807) is 12.1 Å². The first-order valence-electron chi connectivity index (χ1n) is 9.34. The predicted octanol–water partition coefficient (Wildman–Crippen LogP) is 1.90. The third kappa shape index (κ3) is 6.95. The molecule has 0 spiro atoms. The molecule has 2 rings (SSSR count). The molecule has 152 valence electrons. The Kier molecular flexibility index (Phi) is 8.24. The van der Waals surface area contributed by atoms with Crippen molar-refractivity contribution >= 4 is 5.96 Å². The summed E-state index contributed by atoms with van der Waals surface area (Å²) in [7, 11) is 4.26. The standard InChI is InChI=1S/C19H31F2N5O/c1-5-22-19(24-12-16-13-25(3)8-9-26(16)4)23-11-15-10-14(2)6-7-17(15)27-18(20)21/h6-7,10,16,18H,5,8-9,11-13H2,1-4H3,(H2,22,23,24). The van der Waals surface area contributed by atoms with Crippen LogP contribution in [0.25, 0.3) is 0 Å². The van der Waals surface area contributed by atoms with Crippen LogP contribution >= 0.6 is 0 Å². The van der Waals surface area contributed by atoms with E-state index in [0.29, 0.717) is 17.6 Å². The van der Waals surface area contributed by atoms with Crippen molar-refractivity contribution in [3.05, 3.63) is 29.3 Å². The zero-order valence-electron chi connectivity index (χ0n) is 16.6. The fourth-order valence-electron chi connectivity index (χ4n) is 3.09. The van der Waals surface area contributed by atoms with Crippen molar-refractivity contribution in [2.45, 2.75) is 33.0 Å². The Morgan fingerprint density at radius 2 is 2.07 bits per heavy atom. The summed E-state index contributed by atoms with van der Waals surface area (Å²) in [6.45, 7) is 5.91. The summed E-state index contributed by atoms with van der Waals surface area (Å²) < 4.78 is 29.9. The van der Waals surface area contributed by atoms with Gasteiger partial charge in [-0.25, -0.2) is 4.99 Å². The van der Waals surface area contributed by atoms with Gasteiger partial charge < -0.3 is 20.3 Å². The number of aliphatic imine (C=N–C) groups is 1. The largest absolute Gasteiger partial charge is 0.434 e. The number of hydrogen-bond donors (Lipinski definition) is 2. The van der Waals surface area contributed by atoms with Crippen molar-refractivity contribution in [3.63, 3.8) is 0 Å². The van der Waals surface area contributed by atoms with Crippen LogP contribution in [-0.4, -0.2) is 75.2 Å². The third-order valence-electron chi connectivity index (χ3n) is 4.67.